The lowest BCUT2D eigenvalue weighted by Crippen LogP contribution is -2.28. The highest BCUT2D eigenvalue weighted by Crippen LogP contribution is 2.34. The second kappa shape index (κ2) is 6.66. The molecule has 3 rings (SSSR count). The molecule has 0 spiro atoms. The van der Waals surface area contributed by atoms with E-state index in [2.05, 4.69) is 15.5 Å². The van der Waals surface area contributed by atoms with Gasteiger partial charge in [0.05, 0.1) is 17.5 Å². The maximum Gasteiger partial charge on any atom is 0.262 e. The van der Waals surface area contributed by atoms with E-state index in [-0.39, 0.29) is 24.4 Å². The van der Waals surface area contributed by atoms with Crippen molar-refractivity contribution in [2.75, 3.05) is 7.11 Å². The third-order valence-electron chi connectivity index (χ3n) is 3.74. The van der Waals surface area contributed by atoms with E-state index < -0.39 is 0 Å². The van der Waals surface area contributed by atoms with Gasteiger partial charge in [-0.15, -0.1) is 21.5 Å². The number of methoxy groups -OCH3 is 1. The topological polar surface area (TPSA) is 69.0 Å². The highest BCUT2D eigenvalue weighted by Gasteiger charge is 2.23. The molecule has 0 radical (unpaired) electrons. The van der Waals surface area contributed by atoms with E-state index in [0.29, 0.717) is 21.7 Å². The fourth-order valence-electron chi connectivity index (χ4n) is 2.64. The molecule has 0 saturated heterocycles. The molecular weight excluding hydrogens is 331 g/mol. The summed E-state index contributed by atoms with van der Waals surface area (Å²) in [6, 6.07) is 4.49. The number of hydrogen-bond acceptors (Lipinski definition) is 5. The first-order chi connectivity index (χ1) is 11.5. The second-order valence-corrected chi connectivity index (χ2v) is 6.50. The number of fused-ring (bicyclic) bond motifs is 1. The average molecular weight is 348 g/mol. The monoisotopic (exact) mass is 348 g/mol. The normalized spacial score (nSPS) is 12.5. The Hall–Kier alpha value is -2.32. The Labute approximate surface area is 142 Å². The van der Waals surface area contributed by atoms with Crippen molar-refractivity contribution in [3.8, 4) is 0 Å². The molecule has 2 aromatic heterocycles. The zero-order valence-corrected chi connectivity index (χ0v) is 14.4. The number of aromatic nitrogens is 3. The predicted octanol–water partition coefficient (Wildman–Crippen LogP) is 2.81. The number of hydrogen-bond donors (Lipinski definition) is 1. The number of halogens is 1. The molecule has 2 heterocycles. The van der Waals surface area contributed by atoms with Crippen LogP contribution in [0.4, 0.5) is 4.39 Å². The number of ether oxygens (including phenoxy) is 1. The van der Waals surface area contributed by atoms with Gasteiger partial charge in [0.2, 0.25) is 0 Å². The number of nitrogens with one attached hydrogen (secondary N) is 1. The number of amides is 1. The summed E-state index contributed by atoms with van der Waals surface area (Å²) in [6.45, 7) is 1.99. The zero-order chi connectivity index (χ0) is 17.3. The zero-order valence-electron chi connectivity index (χ0n) is 13.5. The van der Waals surface area contributed by atoms with E-state index >= 15 is 0 Å². The molecule has 1 aromatic carbocycles. The summed E-state index contributed by atoms with van der Waals surface area (Å²) in [5.41, 5.74) is 0.568. The summed E-state index contributed by atoms with van der Waals surface area (Å²) >= 11 is 1.25. The summed E-state index contributed by atoms with van der Waals surface area (Å²) < 4.78 is 21.8. The summed E-state index contributed by atoms with van der Waals surface area (Å²) in [6.07, 6.45) is 1.57. The lowest BCUT2D eigenvalue weighted by Gasteiger charge is -2.13. The maximum atomic E-state index is 14.2. The van der Waals surface area contributed by atoms with Crippen LogP contribution in [-0.4, -0.2) is 27.8 Å². The van der Waals surface area contributed by atoms with Crippen LogP contribution >= 0.6 is 11.3 Å². The highest BCUT2D eigenvalue weighted by molar-refractivity contribution is 7.21. The molecule has 0 aliphatic heterocycles. The Kier molecular flexibility index (Phi) is 4.59. The van der Waals surface area contributed by atoms with Gasteiger partial charge < -0.3 is 14.6 Å². The van der Waals surface area contributed by atoms with Crippen molar-refractivity contribution < 1.29 is 13.9 Å². The van der Waals surface area contributed by atoms with Gasteiger partial charge in [0.15, 0.2) is 5.82 Å². The maximum absolute atomic E-state index is 14.2. The smallest absolute Gasteiger partial charge is 0.262 e. The van der Waals surface area contributed by atoms with Gasteiger partial charge in [-0.05, 0) is 19.1 Å². The van der Waals surface area contributed by atoms with Gasteiger partial charge >= 0.3 is 0 Å². The summed E-state index contributed by atoms with van der Waals surface area (Å²) in [4.78, 5) is 13.2. The molecule has 126 valence electrons. The van der Waals surface area contributed by atoms with Gasteiger partial charge in [-0.25, -0.2) is 4.39 Å². The Morgan fingerprint density at radius 1 is 1.50 bits per heavy atom. The molecule has 24 heavy (non-hydrogen) atoms. The van der Waals surface area contributed by atoms with Crippen LogP contribution < -0.4 is 5.32 Å². The molecule has 6 nitrogen and oxygen atoms in total. The van der Waals surface area contributed by atoms with Crippen molar-refractivity contribution in [1.29, 1.82) is 0 Å². The van der Waals surface area contributed by atoms with E-state index in [1.54, 1.807) is 23.0 Å². The Morgan fingerprint density at radius 2 is 2.29 bits per heavy atom. The molecule has 0 bridgehead atoms. The Bertz CT molecular complexity index is 889. The first-order valence-electron chi connectivity index (χ1n) is 7.36. The lowest BCUT2D eigenvalue weighted by molar-refractivity contribution is 0.0937. The molecule has 0 aliphatic carbocycles. The van der Waals surface area contributed by atoms with E-state index in [0.717, 1.165) is 4.70 Å². The quantitative estimate of drug-likeness (QED) is 0.770. The van der Waals surface area contributed by atoms with E-state index in [1.165, 1.54) is 24.5 Å². The number of aryl methyl sites for hydroxylation is 1. The molecule has 3 aromatic rings. The number of carbonyl (C=O) groups excluding carboxylic acids is 1. The van der Waals surface area contributed by atoms with Crippen LogP contribution in [0.25, 0.3) is 10.1 Å². The van der Waals surface area contributed by atoms with Crippen molar-refractivity contribution >= 4 is 27.3 Å². The predicted molar refractivity (Wildman–Crippen MR) is 89.4 cm³/mol. The van der Waals surface area contributed by atoms with Crippen LogP contribution in [0.15, 0.2) is 24.5 Å². The summed E-state index contributed by atoms with van der Waals surface area (Å²) in [5.74, 6) is 0.0123. The molecule has 1 amide bonds. The molecule has 1 N–H and O–H groups in total. The molecule has 0 fully saturated rings. The Balaban J connectivity index is 1.96. The van der Waals surface area contributed by atoms with Gasteiger partial charge in [-0.3, -0.25) is 4.79 Å². The van der Waals surface area contributed by atoms with Crippen LogP contribution in [-0.2, 0) is 18.4 Å². The number of carbonyl (C=O) groups is 1. The lowest BCUT2D eigenvalue weighted by atomic mass is 10.1. The minimum atomic E-state index is -0.351. The minimum absolute atomic E-state index is 0.169. The number of nitrogens with zero attached hydrogens (tertiary/aromatic N) is 3. The fraction of sp³-hybridized carbons (Fsp3) is 0.312. The number of rotatable bonds is 5. The first kappa shape index (κ1) is 16.5. The number of thiophene rings is 1. The standard InChI is InChI=1S/C16H17FN4O2S/c1-9(15-20-18-8-21(15)2)19-16(22)14-10(7-23-3)13-11(17)5-4-6-12(13)24-14/h4-6,8-9H,7H2,1-3H3,(H,19,22). The van der Waals surface area contributed by atoms with Crippen molar-refractivity contribution in [2.24, 2.45) is 7.05 Å². The van der Waals surface area contributed by atoms with Crippen LogP contribution in [0.2, 0.25) is 0 Å². The molecular formula is C16H17FN4O2S. The van der Waals surface area contributed by atoms with E-state index in [9.17, 15) is 9.18 Å². The van der Waals surface area contributed by atoms with E-state index in [1.807, 2.05) is 14.0 Å². The molecule has 0 aliphatic rings. The van der Waals surface area contributed by atoms with Crippen LogP contribution in [0.3, 0.4) is 0 Å². The fourth-order valence-corrected chi connectivity index (χ4v) is 3.77. The van der Waals surface area contributed by atoms with Gasteiger partial charge in [0, 0.05) is 29.8 Å². The van der Waals surface area contributed by atoms with Crippen molar-refractivity contribution in [3.05, 3.63) is 46.6 Å². The summed E-state index contributed by atoms with van der Waals surface area (Å²) in [7, 11) is 3.33. The van der Waals surface area contributed by atoms with Crippen LogP contribution in [0.5, 0.6) is 0 Å². The SMILES string of the molecule is COCc1c(C(=O)NC(C)c2nncn2C)sc2cccc(F)c12. The second-order valence-electron chi connectivity index (χ2n) is 5.45. The van der Waals surface area contributed by atoms with Gasteiger partial charge in [-0.1, -0.05) is 6.07 Å². The molecule has 0 saturated carbocycles. The largest absolute Gasteiger partial charge is 0.380 e. The Morgan fingerprint density at radius 3 is 2.96 bits per heavy atom. The molecule has 1 unspecified atom stereocenters. The van der Waals surface area contributed by atoms with Crippen molar-refractivity contribution in [1.82, 2.24) is 20.1 Å². The van der Waals surface area contributed by atoms with Gasteiger partial charge in [0.1, 0.15) is 12.1 Å². The molecule has 1 atom stereocenters. The average Bonchev–Trinajstić information content (AvgIpc) is 3.12. The van der Waals surface area contributed by atoms with Gasteiger partial charge in [0.25, 0.3) is 5.91 Å². The van der Waals surface area contributed by atoms with Crippen molar-refractivity contribution in [3.63, 3.8) is 0 Å². The van der Waals surface area contributed by atoms with Crippen LogP contribution in [0.1, 0.15) is 34.0 Å². The molecule has 8 heteroatoms. The third-order valence-corrected chi connectivity index (χ3v) is 4.94. The summed E-state index contributed by atoms with van der Waals surface area (Å²) in [5, 5.41) is 11.1. The first-order valence-corrected chi connectivity index (χ1v) is 8.18. The van der Waals surface area contributed by atoms with Crippen LogP contribution in [0, 0.1) is 5.82 Å². The minimum Gasteiger partial charge on any atom is -0.380 e. The van der Waals surface area contributed by atoms with Gasteiger partial charge in [-0.2, -0.15) is 0 Å². The number of benzene rings is 1. The van der Waals surface area contributed by atoms with E-state index in [4.69, 9.17) is 4.74 Å². The van der Waals surface area contributed by atoms with Crippen molar-refractivity contribution in [2.45, 2.75) is 19.6 Å². The highest BCUT2D eigenvalue weighted by atomic mass is 32.1. The third kappa shape index (κ3) is 2.90.